The molecule has 18 heavy (non-hydrogen) atoms. The standard InChI is InChI=1S/C14H21N3O/c1-10-5-6-12(14(16)18)9-17(10)8-11-3-2-4-13(15)7-11/h2-4,7,10,12H,5-6,8-9,15H2,1H3,(H2,16,18). The van der Waals surface area contributed by atoms with Gasteiger partial charge in [0.1, 0.15) is 0 Å². The maximum Gasteiger partial charge on any atom is 0.221 e. The van der Waals surface area contributed by atoms with Gasteiger partial charge in [-0.3, -0.25) is 9.69 Å². The first-order valence-electron chi connectivity index (χ1n) is 6.44. The van der Waals surface area contributed by atoms with Gasteiger partial charge >= 0.3 is 0 Å². The molecule has 98 valence electrons. The van der Waals surface area contributed by atoms with Gasteiger partial charge in [0, 0.05) is 24.8 Å². The van der Waals surface area contributed by atoms with Crippen molar-refractivity contribution in [2.24, 2.45) is 11.7 Å². The molecular weight excluding hydrogens is 226 g/mol. The molecule has 0 bridgehead atoms. The number of hydrogen-bond acceptors (Lipinski definition) is 3. The van der Waals surface area contributed by atoms with Gasteiger partial charge in [-0.15, -0.1) is 0 Å². The van der Waals surface area contributed by atoms with Crippen LogP contribution in [0.1, 0.15) is 25.3 Å². The number of carbonyl (C=O) groups is 1. The second-order valence-electron chi connectivity index (χ2n) is 5.20. The fraction of sp³-hybridized carbons (Fsp3) is 0.500. The number of rotatable bonds is 3. The maximum absolute atomic E-state index is 11.3. The molecule has 1 aliphatic rings. The van der Waals surface area contributed by atoms with Crippen LogP contribution in [0, 0.1) is 5.92 Å². The van der Waals surface area contributed by atoms with Gasteiger partial charge in [0.05, 0.1) is 5.92 Å². The number of hydrogen-bond donors (Lipinski definition) is 2. The molecule has 4 nitrogen and oxygen atoms in total. The number of anilines is 1. The third kappa shape index (κ3) is 3.01. The van der Waals surface area contributed by atoms with Crippen LogP contribution in [0.2, 0.25) is 0 Å². The van der Waals surface area contributed by atoms with E-state index in [0.717, 1.165) is 31.6 Å². The molecule has 1 fully saturated rings. The van der Waals surface area contributed by atoms with E-state index in [1.807, 2.05) is 18.2 Å². The fourth-order valence-electron chi connectivity index (χ4n) is 2.56. The van der Waals surface area contributed by atoms with E-state index in [1.165, 1.54) is 5.56 Å². The highest BCUT2D eigenvalue weighted by molar-refractivity contribution is 5.77. The summed E-state index contributed by atoms with van der Waals surface area (Å²) in [5.41, 5.74) is 13.2. The van der Waals surface area contributed by atoms with Gasteiger partial charge < -0.3 is 11.5 Å². The second-order valence-corrected chi connectivity index (χ2v) is 5.20. The molecule has 4 heteroatoms. The van der Waals surface area contributed by atoms with E-state index < -0.39 is 0 Å². The van der Waals surface area contributed by atoms with E-state index in [2.05, 4.69) is 17.9 Å². The van der Waals surface area contributed by atoms with Crippen LogP contribution in [0.15, 0.2) is 24.3 Å². The molecule has 0 radical (unpaired) electrons. The summed E-state index contributed by atoms with van der Waals surface area (Å²) in [7, 11) is 0. The number of carbonyl (C=O) groups excluding carboxylic acids is 1. The van der Waals surface area contributed by atoms with Crippen molar-refractivity contribution in [3.05, 3.63) is 29.8 Å². The monoisotopic (exact) mass is 247 g/mol. The molecule has 1 heterocycles. The molecule has 0 saturated carbocycles. The third-order valence-electron chi connectivity index (χ3n) is 3.75. The summed E-state index contributed by atoms with van der Waals surface area (Å²) in [6.45, 7) is 3.78. The Kier molecular flexibility index (Phi) is 3.87. The van der Waals surface area contributed by atoms with Crippen LogP contribution >= 0.6 is 0 Å². The molecule has 1 amide bonds. The lowest BCUT2D eigenvalue weighted by Gasteiger charge is -2.36. The van der Waals surface area contributed by atoms with Gasteiger partial charge in [-0.2, -0.15) is 0 Å². The molecule has 1 saturated heterocycles. The Bertz CT molecular complexity index is 433. The third-order valence-corrected chi connectivity index (χ3v) is 3.75. The summed E-state index contributed by atoms with van der Waals surface area (Å²) in [4.78, 5) is 13.6. The number of nitrogens with zero attached hydrogens (tertiary/aromatic N) is 1. The van der Waals surface area contributed by atoms with Gasteiger partial charge in [-0.05, 0) is 37.5 Å². The van der Waals surface area contributed by atoms with Crippen LogP contribution in [-0.4, -0.2) is 23.4 Å². The number of amides is 1. The van der Waals surface area contributed by atoms with Crippen LogP contribution in [0.4, 0.5) is 5.69 Å². The van der Waals surface area contributed by atoms with Crippen molar-refractivity contribution in [1.29, 1.82) is 0 Å². The molecule has 0 aromatic heterocycles. The topological polar surface area (TPSA) is 72.4 Å². The van der Waals surface area contributed by atoms with Gasteiger partial charge in [0.25, 0.3) is 0 Å². The zero-order valence-corrected chi connectivity index (χ0v) is 10.8. The highest BCUT2D eigenvalue weighted by atomic mass is 16.1. The fourth-order valence-corrected chi connectivity index (χ4v) is 2.56. The van der Waals surface area contributed by atoms with Crippen molar-refractivity contribution in [3.63, 3.8) is 0 Å². The summed E-state index contributed by atoms with van der Waals surface area (Å²) < 4.78 is 0. The van der Waals surface area contributed by atoms with Crippen molar-refractivity contribution in [1.82, 2.24) is 4.90 Å². The first-order valence-corrected chi connectivity index (χ1v) is 6.44. The summed E-state index contributed by atoms with van der Waals surface area (Å²) in [6.07, 6.45) is 1.93. The Labute approximate surface area is 108 Å². The average Bonchev–Trinajstić information content (AvgIpc) is 2.31. The minimum atomic E-state index is -0.181. The van der Waals surface area contributed by atoms with E-state index in [4.69, 9.17) is 11.5 Å². The Morgan fingerprint density at radius 3 is 2.89 bits per heavy atom. The largest absolute Gasteiger partial charge is 0.399 e. The van der Waals surface area contributed by atoms with Crippen LogP contribution < -0.4 is 11.5 Å². The van der Waals surface area contributed by atoms with Crippen LogP contribution in [0.25, 0.3) is 0 Å². The molecule has 1 aliphatic heterocycles. The number of likely N-dealkylation sites (tertiary alicyclic amines) is 1. The average molecular weight is 247 g/mol. The van der Waals surface area contributed by atoms with Crippen LogP contribution in [0.3, 0.4) is 0 Å². The molecule has 4 N–H and O–H groups in total. The van der Waals surface area contributed by atoms with E-state index >= 15 is 0 Å². The molecule has 0 aliphatic carbocycles. The van der Waals surface area contributed by atoms with E-state index in [-0.39, 0.29) is 11.8 Å². The number of piperidine rings is 1. The Morgan fingerprint density at radius 2 is 2.22 bits per heavy atom. The van der Waals surface area contributed by atoms with Crippen LogP contribution in [-0.2, 0) is 11.3 Å². The van der Waals surface area contributed by atoms with E-state index in [1.54, 1.807) is 0 Å². The normalized spacial score (nSPS) is 24.9. The maximum atomic E-state index is 11.3. The van der Waals surface area contributed by atoms with Crippen molar-refractivity contribution in [2.45, 2.75) is 32.4 Å². The molecule has 2 unspecified atom stereocenters. The lowest BCUT2D eigenvalue weighted by atomic mass is 9.92. The van der Waals surface area contributed by atoms with E-state index in [9.17, 15) is 4.79 Å². The lowest BCUT2D eigenvalue weighted by molar-refractivity contribution is -0.124. The van der Waals surface area contributed by atoms with Gasteiger partial charge in [0.15, 0.2) is 0 Å². The van der Waals surface area contributed by atoms with Crippen molar-refractivity contribution < 1.29 is 4.79 Å². The molecule has 0 spiro atoms. The van der Waals surface area contributed by atoms with Gasteiger partial charge in [-0.25, -0.2) is 0 Å². The Morgan fingerprint density at radius 1 is 1.44 bits per heavy atom. The quantitative estimate of drug-likeness (QED) is 0.792. The molecule has 1 aromatic rings. The number of primary amides is 1. The zero-order chi connectivity index (χ0) is 13.1. The first kappa shape index (κ1) is 12.9. The highest BCUT2D eigenvalue weighted by Crippen LogP contribution is 2.23. The van der Waals surface area contributed by atoms with Crippen molar-refractivity contribution >= 4 is 11.6 Å². The molecular formula is C14H21N3O. The first-order chi connectivity index (χ1) is 8.56. The Balaban J connectivity index is 2.04. The van der Waals surface area contributed by atoms with Gasteiger partial charge in [-0.1, -0.05) is 12.1 Å². The minimum Gasteiger partial charge on any atom is -0.399 e. The predicted octanol–water partition coefficient (Wildman–Crippen LogP) is 1.35. The summed E-state index contributed by atoms with van der Waals surface area (Å²) in [6, 6.07) is 8.39. The van der Waals surface area contributed by atoms with Crippen LogP contribution in [0.5, 0.6) is 0 Å². The van der Waals surface area contributed by atoms with E-state index in [0.29, 0.717) is 6.04 Å². The second kappa shape index (κ2) is 5.40. The summed E-state index contributed by atoms with van der Waals surface area (Å²) >= 11 is 0. The summed E-state index contributed by atoms with van der Waals surface area (Å²) in [5.74, 6) is -0.193. The molecule has 2 atom stereocenters. The SMILES string of the molecule is CC1CCC(C(N)=O)CN1Cc1cccc(N)c1. The summed E-state index contributed by atoms with van der Waals surface area (Å²) in [5, 5.41) is 0. The van der Waals surface area contributed by atoms with Crippen molar-refractivity contribution in [3.8, 4) is 0 Å². The highest BCUT2D eigenvalue weighted by Gasteiger charge is 2.28. The molecule has 2 rings (SSSR count). The zero-order valence-electron chi connectivity index (χ0n) is 10.8. The predicted molar refractivity (Wildman–Crippen MR) is 72.6 cm³/mol. The Hall–Kier alpha value is -1.55. The minimum absolute atomic E-state index is 0.0118. The number of nitrogens with two attached hydrogens (primary N) is 2. The van der Waals surface area contributed by atoms with Gasteiger partial charge in [0.2, 0.25) is 5.91 Å². The lowest BCUT2D eigenvalue weighted by Crippen LogP contribution is -2.45. The van der Waals surface area contributed by atoms with Crippen molar-refractivity contribution in [2.75, 3.05) is 12.3 Å². The number of benzene rings is 1. The smallest absolute Gasteiger partial charge is 0.221 e. The number of nitrogen functional groups attached to an aromatic ring is 1. The molecule has 1 aromatic carbocycles.